The molecular weight excluding hydrogens is 664 g/mol. The van der Waals surface area contributed by atoms with Crippen molar-refractivity contribution in [2.24, 2.45) is 5.92 Å². The van der Waals surface area contributed by atoms with Crippen LogP contribution in [0.3, 0.4) is 0 Å². The summed E-state index contributed by atoms with van der Waals surface area (Å²) < 4.78 is 69.7. The van der Waals surface area contributed by atoms with Crippen molar-refractivity contribution in [2.75, 3.05) is 24.2 Å². The van der Waals surface area contributed by atoms with E-state index in [1.54, 1.807) is 6.20 Å². The molecule has 4 N–H and O–H groups in total. The lowest BCUT2D eigenvalue weighted by atomic mass is 10.0. The molecule has 18 heteroatoms. The number of piperidine rings is 1. The van der Waals surface area contributed by atoms with Crippen molar-refractivity contribution in [1.29, 1.82) is 0 Å². The molecule has 248 valence electrons. The number of carbonyl (C=O) groups is 2. The van der Waals surface area contributed by atoms with Crippen LogP contribution in [-0.2, 0) is 16.2 Å². The standard InChI is InChI=1S/C24H25N5OS2.2C2HF3O2/c1-2-5-17(6-3-1)15-30-21-13-19(31-16-18-8-11-25-12-9-18)14-27-22(21)29-24-28-20-7-4-10-26-23(20)32-24;2*3-2(4,5)1(6)7/h1-7,10,13-14,18,25H,8-9,11-12,15-16H2,(H,27,28,29);2*(H,6,7). The monoisotopic (exact) mass is 691 g/mol. The maximum absolute atomic E-state index is 10.6. The molecule has 0 aliphatic carbocycles. The van der Waals surface area contributed by atoms with Gasteiger partial charge in [-0.1, -0.05) is 41.7 Å². The van der Waals surface area contributed by atoms with Crippen molar-refractivity contribution >= 4 is 56.3 Å². The van der Waals surface area contributed by atoms with Crippen molar-refractivity contribution in [2.45, 2.75) is 36.7 Å². The summed E-state index contributed by atoms with van der Waals surface area (Å²) >= 11 is 3.37. The fourth-order valence-corrected chi connectivity index (χ4v) is 5.52. The summed E-state index contributed by atoms with van der Waals surface area (Å²) in [6.07, 6.45) is -3.98. The van der Waals surface area contributed by atoms with Crippen molar-refractivity contribution < 1.29 is 50.9 Å². The Balaban J connectivity index is 0.000000345. The minimum Gasteiger partial charge on any atom is -0.485 e. The van der Waals surface area contributed by atoms with Crippen molar-refractivity contribution in [3.63, 3.8) is 0 Å². The van der Waals surface area contributed by atoms with Crippen molar-refractivity contribution in [1.82, 2.24) is 20.3 Å². The molecule has 1 saturated heterocycles. The number of rotatable bonds is 8. The largest absolute Gasteiger partial charge is 0.490 e. The minimum atomic E-state index is -5.08. The van der Waals surface area contributed by atoms with E-state index < -0.39 is 24.3 Å². The Morgan fingerprint density at radius 1 is 0.978 bits per heavy atom. The lowest BCUT2D eigenvalue weighted by molar-refractivity contribution is -0.193. The topological polar surface area (TPSA) is 147 Å². The fourth-order valence-electron chi connectivity index (χ4n) is 3.63. The molecule has 0 bridgehead atoms. The third kappa shape index (κ3) is 12.3. The van der Waals surface area contributed by atoms with Crippen LogP contribution >= 0.6 is 23.1 Å². The highest BCUT2D eigenvalue weighted by molar-refractivity contribution is 7.99. The molecule has 1 aromatic carbocycles. The molecule has 0 unspecified atom stereocenters. The molecule has 4 aromatic rings. The quantitative estimate of drug-likeness (QED) is 0.115. The van der Waals surface area contributed by atoms with Gasteiger partial charge in [0.25, 0.3) is 0 Å². The van der Waals surface area contributed by atoms with Gasteiger partial charge in [-0.3, -0.25) is 0 Å². The zero-order chi connectivity index (χ0) is 33.7. The van der Waals surface area contributed by atoms with Gasteiger partial charge in [-0.15, -0.1) is 11.8 Å². The van der Waals surface area contributed by atoms with Gasteiger partial charge in [0.05, 0.1) is 0 Å². The highest BCUT2D eigenvalue weighted by atomic mass is 32.2. The van der Waals surface area contributed by atoms with E-state index in [-0.39, 0.29) is 0 Å². The first-order chi connectivity index (χ1) is 21.7. The Kier molecular flexibility index (Phi) is 13.4. The number of fused-ring (bicyclic) bond motifs is 1. The van der Waals surface area contributed by atoms with Gasteiger partial charge in [-0.2, -0.15) is 26.3 Å². The van der Waals surface area contributed by atoms with Crippen LogP contribution in [0.2, 0.25) is 0 Å². The summed E-state index contributed by atoms with van der Waals surface area (Å²) in [5.74, 6) is -2.25. The van der Waals surface area contributed by atoms with Crippen LogP contribution in [0, 0.1) is 5.92 Å². The second-order valence-electron chi connectivity index (χ2n) is 9.37. The maximum Gasteiger partial charge on any atom is 0.490 e. The Labute approximate surface area is 266 Å². The van der Waals surface area contributed by atoms with Gasteiger partial charge in [0.1, 0.15) is 17.0 Å². The number of nitrogens with zero attached hydrogens (tertiary/aromatic N) is 3. The average Bonchev–Trinajstić information content (AvgIpc) is 3.43. The number of nitrogens with one attached hydrogen (secondary N) is 2. The van der Waals surface area contributed by atoms with Gasteiger partial charge in [-0.05, 0) is 55.6 Å². The van der Waals surface area contributed by atoms with Crippen LogP contribution in [-0.4, -0.2) is 68.3 Å². The lowest BCUT2D eigenvalue weighted by Crippen LogP contribution is -2.28. The van der Waals surface area contributed by atoms with Crippen LogP contribution in [0.4, 0.5) is 37.3 Å². The van der Waals surface area contributed by atoms with E-state index in [0.717, 1.165) is 56.4 Å². The highest BCUT2D eigenvalue weighted by Gasteiger charge is 2.38. The normalized spacial score (nSPS) is 13.5. The van der Waals surface area contributed by atoms with Crippen LogP contribution in [0.15, 0.2) is 65.8 Å². The predicted molar refractivity (Wildman–Crippen MR) is 159 cm³/mol. The molecular formula is C28H27F6N5O5S2. The molecule has 0 amide bonds. The van der Waals surface area contributed by atoms with Crippen LogP contribution in [0.1, 0.15) is 18.4 Å². The molecule has 0 atom stereocenters. The molecule has 5 rings (SSSR count). The molecule has 1 aliphatic rings. The second-order valence-corrected chi connectivity index (χ2v) is 11.4. The molecule has 1 fully saturated rings. The van der Waals surface area contributed by atoms with Gasteiger partial charge in [0.2, 0.25) is 0 Å². The van der Waals surface area contributed by atoms with E-state index in [1.165, 1.54) is 24.2 Å². The number of thiazole rings is 1. The summed E-state index contributed by atoms with van der Waals surface area (Å²) in [6.45, 7) is 2.73. The summed E-state index contributed by atoms with van der Waals surface area (Å²) in [5, 5.41) is 21.8. The number of aliphatic carboxylic acids is 2. The number of hydrogen-bond donors (Lipinski definition) is 4. The number of benzene rings is 1. The van der Waals surface area contributed by atoms with Gasteiger partial charge in [-0.25, -0.2) is 24.5 Å². The second kappa shape index (κ2) is 17.0. The van der Waals surface area contributed by atoms with Crippen LogP contribution in [0.5, 0.6) is 5.75 Å². The first-order valence-electron chi connectivity index (χ1n) is 13.3. The molecule has 0 radical (unpaired) electrons. The first-order valence-corrected chi connectivity index (χ1v) is 15.1. The van der Waals surface area contributed by atoms with Crippen LogP contribution in [0.25, 0.3) is 10.3 Å². The van der Waals surface area contributed by atoms with E-state index >= 15 is 0 Å². The summed E-state index contributed by atoms with van der Waals surface area (Å²) in [6, 6.07) is 16.1. The Bertz CT molecular complexity index is 1510. The lowest BCUT2D eigenvalue weighted by Gasteiger charge is -2.22. The number of anilines is 2. The average molecular weight is 692 g/mol. The third-order valence-electron chi connectivity index (χ3n) is 5.89. The van der Waals surface area contributed by atoms with Crippen molar-refractivity contribution in [3.8, 4) is 5.75 Å². The van der Waals surface area contributed by atoms with E-state index in [1.807, 2.05) is 48.3 Å². The molecule has 10 nitrogen and oxygen atoms in total. The van der Waals surface area contributed by atoms with E-state index in [0.29, 0.717) is 12.4 Å². The number of aromatic nitrogens is 3. The van der Waals surface area contributed by atoms with Crippen LogP contribution < -0.4 is 15.4 Å². The number of halogens is 6. The molecule has 0 saturated carbocycles. The number of carboxylic acid groups (broad SMARTS) is 2. The molecule has 3 aromatic heterocycles. The number of alkyl halides is 6. The highest BCUT2D eigenvalue weighted by Crippen LogP contribution is 2.34. The fraction of sp³-hybridized carbons (Fsp3) is 0.321. The smallest absolute Gasteiger partial charge is 0.485 e. The minimum absolute atomic E-state index is 0.487. The summed E-state index contributed by atoms with van der Waals surface area (Å²) in [7, 11) is 0. The van der Waals surface area contributed by atoms with Gasteiger partial charge < -0.3 is 25.6 Å². The predicted octanol–water partition coefficient (Wildman–Crippen LogP) is 6.77. The number of hydrogen-bond acceptors (Lipinski definition) is 10. The Hall–Kier alpha value is -4.16. The number of thioether (sulfide) groups is 1. The molecule has 4 heterocycles. The zero-order valence-corrected chi connectivity index (χ0v) is 25.3. The van der Waals surface area contributed by atoms with Gasteiger partial charge in [0.15, 0.2) is 16.7 Å². The maximum atomic E-state index is 10.6. The first kappa shape index (κ1) is 36.3. The summed E-state index contributed by atoms with van der Waals surface area (Å²) in [5.41, 5.74) is 2.00. The van der Waals surface area contributed by atoms with E-state index in [2.05, 4.69) is 38.8 Å². The molecule has 46 heavy (non-hydrogen) atoms. The third-order valence-corrected chi connectivity index (χ3v) is 7.98. The molecule has 1 aliphatic heterocycles. The number of carboxylic acids is 2. The summed E-state index contributed by atoms with van der Waals surface area (Å²) in [4.78, 5) is 33.5. The van der Waals surface area contributed by atoms with Crippen molar-refractivity contribution in [3.05, 3.63) is 66.5 Å². The van der Waals surface area contributed by atoms with E-state index in [9.17, 15) is 26.3 Å². The number of pyridine rings is 2. The van der Waals surface area contributed by atoms with Gasteiger partial charge in [0, 0.05) is 23.0 Å². The van der Waals surface area contributed by atoms with E-state index in [4.69, 9.17) is 29.5 Å². The number of ether oxygens (including phenoxy) is 1. The molecule has 0 spiro atoms. The Morgan fingerprint density at radius 2 is 1.61 bits per heavy atom. The van der Waals surface area contributed by atoms with Gasteiger partial charge >= 0.3 is 24.3 Å². The Morgan fingerprint density at radius 3 is 2.20 bits per heavy atom. The zero-order valence-electron chi connectivity index (χ0n) is 23.6. The SMILES string of the molecule is O=C(O)C(F)(F)F.O=C(O)C(F)(F)F.c1ccc(COc2cc(SCC3CCNCC3)cnc2Nc2nc3cccnc3s2)cc1.